The van der Waals surface area contributed by atoms with Gasteiger partial charge < -0.3 is 0 Å². The van der Waals surface area contributed by atoms with Gasteiger partial charge in [-0.15, -0.1) is 5.10 Å². The molecule has 0 amide bonds. The van der Waals surface area contributed by atoms with E-state index in [1.807, 2.05) is 6.07 Å². The lowest BCUT2D eigenvalue weighted by atomic mass is 9.92. The molecule has 0 radical (unpaired) electrons. The summed E-state index contributed by atoms with van der Waals surface area (Å²) in [6, 6.07) is 3.66. The number of hydrogen-bond acceptors (Lipinski definition) is 2. The number of rotatable bonds is 0. The Morgan fingerprint density at radius 2 is 1.82 bits per heavy atom. The van der Waals surface area contributed by atoms with E-state index in [1.54, 1.807) is 6.07 Å². The molecule has 60 valence electrons. The maximum atomic E-state index is 5.59. The molecular formula is C8H11ClN2. The van der Waals surface area contributed by atoms with Gasteiger partial charge in [0.25, 0.3) is 0 Å². The Morgan fingerprint density at radius 1 is 1.18 bits per heavy atom. The molecule has 11 heavy (non-hydrogen) atoms. The first-order valence-corrected chi connectivity index (χ1v) is 3.87. The maximum Gasteiger partial charge on any atom is 0.151 e. The Balaban J connectivity index is 2.99. The quantitative estimate of drug-likeness (QED) is 0.598. The molecule has 0 unspecified atom stereocenters. The maximum absolute atomic E-state index is 5.59. The van der Waals surface area contributed by atoms with Crippen LogP contribution < -0.4 is 0 Å². The highest BCUT2D eigenvalue weighted by atomic mass is 35.5. The molecule has 1 heterocycles. The fourth-order valence-electron chi connectivity index (χ4n) is 0.716. The molecule has 1 rings (SSSR count). The number of halogens is 1. The second-order valence-electron chi connectivity index (χ2n) is 3.49. The van der Waals surface area contributed by atoms with Crippen molar-refractivity contribution in [2.75, 3.05) is 0 Å². The van der Waals surface area contributed by atoms with Crippen molar-refractivity contribution in [1.29, 1.82) is 0 Å². The van der Waals surface area contributed by atoms with E-state index in [4.69, 9.17) is 11.6 Å². The molecule has 0 atom stereocenters. The Morgan fingerprint density at radius 3 is 2.18 bits per heavy atom. The van der Waals surface area contributed by atoms with Gasteiger partial charge in [-0.1, -0.05) is 32.4 Å². The summed E-state index contributed by atoms with van der Waals surface area (Å²) in [6.45, 7) is 6.26. The first-order chi connectivity index (χ1) is 5.00. The highest BCUT2D eigenvalue weighted by Gasteiger charge is 2.14. The summed E-state index contributed by atoms with van der Waals surface area (Å²) < 4.78 is 0. The Labute approximate surface area is 71.6 Å². The van der Waals surface area contributed by atoms with Crippen LogP contribution in [-0.4, -0.2) is 10.2 Å². The third-order valence-corrected chi connectivity index (χ3v) is 1.60. The van der Waals surface area contributed by atoms with E-state index in [1.165, 1.54) is 0 Å². The van der Waals surface area contributed by atoms with Gasteiger partial charge >= 0.3 is 0 Å². The lowest BCUT2D eigenvalue weighted by molar-refractivity contribution is 0.558. The molecule has 0 aliphatic rings. The molecular weight excluding hydrogens is 160 g/mol. The molecule has 0 aliphatic heterocycles. The molecule has 0 saturated heterocycles. The topological polar surface area (TPSA) is 25.8 Å². The number of hydrogen-bond donors (Lipinski definition) is 0. The average molecular weight is 171 g/mol. The zero-order chi connectivity index (χ0) is 8.48. The second kappa shape index (κ2) is 2.78. The van der Waals surface area contributed by atoms with Gasteiger partial charge in [-0.05, 0) is 12.1 Å². The molecule has 0 aromatic carbocycles. The van der Waals surface area contributed by atoms with Crippen LogP contribution in [0.4, 0.5) is 0 Å². The summed E-state index contributed by atoms with van der Waals surface area (Å²) in [6.07, 6.45) is 0. The van der Waals surface area contributed by atoms with Crippen LogP contribution in [0.1, 0.15) is 26.5 Å². The van der Waals surface area contributed by atoms with Crippen molar-refractivity contribution in [3.8, 4) is 0 Å². The molecule has 1 aromatic rings. The molecule has 0 spiro atoms. The van der Waals surface area contributed by atoms with E-state index in [0.29, 0.717) is 5.15 Å². The van der Waals surface area contributed by atoms with E-state index in [0.717, 1.165) is 5.69 Å². The van der Waals surface area contributed by atoms with Crippen molar-refractivity contribution in [1.82, 2.24) is 10.2 Å². The summed E-state index contributed by atoms with van der Waals surface area (Å²) in [5.41, 5.74) is 1.01. The van der Waals surface area contributed by atoms with E-state index < -0.39 is 0 Å². The Hall–Kier alpha value is -0.630. The summed E-state index contributed by atoms with van der Waals surface area (Å²) in [5, 5.41) is 8.17. The largest absolute Gasteiger partial charge is 0.154 e. The predicted molar refractivity (Wildman–Crippen MR) is 45.7 cm³/mol. The molecule has 0 saturated carbocycles. The monoisotopic (exact) mass is 170 g/mol. The third-order valence-electron chi connectivity index (χ3n) is 1.40. The highest BCUT2D eigenvalue weighted by molar-refractivity contribution is 6.29. The summed E-state index contributed by atoms with van der Waals surface area (Å²) >= 11 is 5.59. The molecule has 2 nitrogen and oxygen atoms in total. The number of aromatic nitrogens is 2. The van der Waals surface area contributed by atoms with Crippen molar-refractivity contribution >= 4 is 11.6 Å². The Bertz CT molecular complexity index is 235. The van der Waals surface area contributed by atoms with Gasteiger partial charge in [0.2, 0.25) is 0 Å². The first kappa shape index (κ1) is 8.47. The highest BCUT2D eigenvalue weighted by Crippen LogP contribution is 2.19. The first-order valence-electron chi connectivity index (χ1n) is 3.50. The summed E-state index contributed by atoms with van der Waals surface area (Å²) in [7, 11) is 0. The van der Waals surface area contributed by atoms with E-state index in [-0.39, 0.29) is 5.41 Å². The minimum atomic E-state index is 0.0532. The smallest absolute Gasteiger partial charge is 0.151 e. The zero-order valence-corrected chi connectivity index (χ0v) is 7.68. The van der Waals surface area contributed by atoms with Gasteiger partial charge in [0.15, 0.2) is 5.15 Å². The average Bonchev–Trinajstić information content (AvgIpc) is 1.86. The van der Waals surface area contributed by atoms with Gasteiger partial charge in [0.1, 0.15) is 0 Å². The third kappa shape index (κ3) is 2.15. The van der Waals surface area contributed by atoms with Crippen LogP contribution in [0.2, 0.25) is 5.15 Å². The fraction of sp³-hybridized carbons (Fsp3) is 0.500. The number of nitrogens with zero attached hydrogens (tertiary/aromatic N) is 2. The fourth-order valence-corrected chi connectivity index (χ4v) is 0.817. The van der Waals surface area contributed by atoms with Gasteiger partial charge in [-0.25, -0.2) is 0 Å². The molecule has 0 bridgehead atoms. The molecule has 0 fully saturated rings. The van der Waals surface area contributed by atoms with Crippen LogP contribution in [0.3, 0.4) is 0 Å². The van der Waals surface area contributed by atoms with E-state index in [9.17, 15) is 0 Å². The zero-order valence-electron chi connectivity index (χ0n) is 6.93. The van der Waals surface area contributed by atoms with Crippen molar-refractivity contribution in [2.24, 2.45) is 0 Å². The molecule has 3 heteroatoms. The Kier molecular flexibility index (Phi) is 2.14. The normalized spacial score (nSPS) is 11.6. The van der Waals surface area contributed by atoms with Gasteiger partial charge in [-0.3, -0.25) is 0 Å². The van der Waals surface area contributed by atoms with Gasteiger partial charge in [0.05, 0.1) is 5.69 Å². The molecule has 1 aromatic heterocycles. The predicted octanol–water partition coefficient (Wildman–Crippen LogP) is 2.43. The van der Waals surface area contributed by atoms with E-state index in [2.05, 4.69) is 31.0 Å². The molecule has 0 N–H and O–H groups in total. The second-order valence-corrected chi connectivity index (χ2v) is 3.88. The molecule has 0 aliphatic carbocycles. The van der Waals surface area contributed by atoms with Crippen molar-refractivity contribution in [3.05, 3.63) is 23.0 Å². The van der Waals surface area contributed by atoms with Crippen LogP contribution >= 0.6 is 11.6 Å². The van der Waals surface area contributed by atoms with Crippen LogP contribution in [0.5, 0.6) is 0 Å². The lowest BCUT2D eigenvalue weighted by Gasteiger charge is -2.15. The van der Waals surface area contributed by atoms with Gasteiger partial charge in [0, 0.05) is 5.41 Å². The van der Waals surface area contributed by atoms with E-state index >= 15 is 0 Å². The summed E-state index contributed by atoms with van der Waals surface area (Å²) in [4.78, 5) is 0. The van der Waals surface area contributed by atoms with Crippen LogP contribution in [-0.2, 0) is 5.41 Å². The van der Waals surface area contributed by atoms with Crippen molar-refractivity contribution in [3.63, 3.8) is 0 Å². The van der Waals surface area contributed by atoms with Crippen molar-refractivity contribution < 1.29 is 0 Å². The van der Waals surface area contributed by atoms with Gasteiger partial charge in [-0.2, -0.15) is 5.10 Å². The summed E-state index contributed by atoms with van der Waals surface area (Å²) in [5.74, 6) is 0. The SMILES string of the molecule is CC(C)(C)c1ccc(Cl)nn1. The lowest BCUT2D eigenvalue weighted by Crippen LogP contribution is -2.13. The minimum absolute atomic E-state index is 0.0532. The van der Waals surface area contributed by atoms with Crippen molar-refractivity contribution in [2.45, 2.75) is 26.2 Å². The van der Waals surface area contributed by atoms with Crippen LogP contribution in [0, 0.1) is 0 Å². The van der Waals surface area contributed by atoms with Crippen LogP contribution in [0.15, 0.2) is 12.1 Å². The minimum Gasteiger partial charge on any atom is -0.154 e. The standard InChI is InChI=1S/C8H11ClN2/c1-8(2,3)6-4-5-7(9)11-10-6/h4-5H,1-3H3. The van der Waals surface area contributed by atoms with Crippen LogP contribution in [0.25, 0.3) is 0 Å².